The predicted molar refractivity (Wildman–Crippen MR) is 114 cm³/mol. The second-order valence-corrected chi connectivity index (χ2v) is 7.48. The lowest BCUT2D eigenvalue weighted by Gasteiger charge is -2.33. The van der Waals surface area contributed by atoms with Crippen molar-refractivity contribution in [3.8, 4) is 11.5 Å². The summed E-state index contributed by atoms with van der Waals surface area (Å²) in [4.78, 5) is 16.8. The van der Waals surface area contributed by atoms with Crippen LogP contribution in [0.5, 0.6) is 11.5 Å². The minimum absolute atomic E-state index is 0.204. The van der Waals surface area contributed by atoms with Gasteiger partial charge in [0.1, 0.15) is 17.5 Å². The SMILES string of the molecule is CCN(CC)C(=O)[C@H](c1ccccc1)[NH+]1CCC[C@@H]1c1ccc(OC)cc1OC. The number of hydrogen-bond acceptors (Lipinski definition) is 3. The van der Waals surface area contributed by atoms with Gasteiger partial charge in [0.15, 0.2) is 6.04 Å². The summed E-state index contributed by atoms with van der Waals surface area (Å²) in [5.41, 5.74) is 2.23. The summed E-state index contributed by atoms with van der Waals surface area (Å²) in [6.07, 6.45) is 2.12. The first-order valence-corrected chi connectivity index (χ1v) is 10.6. The summed E-state index contributed by atoms with van der Waals surface area (Å²) in [6, 6.07) is 16.2. The van der Waals surface area contributed by atoms with Gasteiger partial charge in [-0.05, 0) is 26.0 Å². The van der Waals surface area contributed by atoms with Crippen molar-refractivity contribution in [2.24, 2.45) is 0 Å². The first kappa shape index (κ1) is 21.2. The van der Waals surface area contributed by atoms with Crippen molar-refractivity contribution in [1.82, 2.24) is 4.90 Å². The number of benzene rings is 2. The molecule has 0 bridgehead atoms. The maximum atomic E-state index is 13.6. The Morgan fingerprint density at radius 3 is 2.45 bits per heavy atom. The van der Waals surface area contributed by atoms with E-state index in [9.17, 15) is 4.79 Å². The van der Waals surface area contributed by atoms with E-state index in [-0.39, 0.29) is 18.0 Å². The van der Waals surface area contributed by atoms with Crippen LogP contribution in [0.4, 0.5) is 0 Å². The molecule has 1 aliphatic rings. The van der Waals surface area contributed by atoms with Crippen LogP contribution in [0.2, 0.25) is 0 Å². The molecule has 156 valence electrons. The number of carbonyl (C=O) groups excluding carboxylic acids is 1. The molecule has 1 amide bonds. The number of quaternary nitrogens is 1. The average Bonchev–Trinajstić information content (AvgIpc) is 3.24. The Hall–Kier alpha value is -2.53. The molecule has 5 nitrogen and oxygen atoms in total. The van der Waals surface area contributed by atoms with Gasteiger partial charge in [0, 0.05) is 37.6 Å². The van der Waals surface area contributed by atoms with Crippen LogP contribution in [-0.4, -0.2) is 44.7 Å². The van der Waals surface area contributed by atoms with Crippen LogP contribution in [0.3, 0.4) is 0 Å². The molecule has 1 saturated heterocycles. The molecule has 3 atom stereocenters. The number of carbonyl (C=O) groups is 1. The van der Waals surface area contributed by atoms with E-state index in [1.807, 2.05) is 49.1 Å². The molecule has 1 fully saturated rings. The third kappa shape index (κ3) is 4.40. The fourth-order valence-electron chi connectivity index (χ4n) is 4.56. The van der Waals surface area contributed by atoms with Gasteiger partial charge in [0.2, 0.25) is 0 Å². The minimum atomic E-state index is -0.213. The Labute approximate surface area is 174 Å². The lowest BCUT2D eigenvalue weighted by Crippen LogP contribution is -3.11. The Kier molecular flexibility index (Phi) is 7.15. The van der Waals surface area contributed by atoms with Crippen molar-refractivity contribution < 1.29 is 19.2 Å². The third-order valence-electron chi connectivity index (χ3n) is 6.05. The van der Waals surface area contributed by atoms with Gasteiger partial charge in [-0.1, -0.05) is 30.3 Å². The minimum Gasteiger partial charge on any atom is -0.497 e. The molecule has 0 aromatic heterocycles. The molecule has 0 saturated carbocycles. The monoisotopic (exact) mass is 397 g/mol. The molecule has 1 aliphatic heterocycles. The van der Waals surface area contributed by atoms with Gasteiger partial charge in [-0.2, -0.15) is 0 Å². The van der Waals surface area contributed by atoms with Crippen LogP contribution in [0.1, 0.15) is 49.9 Å². The molecule has 0 spiro atoms. The highest BCUT2D eigenvalue weighted by atomic mass is 16.5. The van der Waals surface area contributed by atoms with E-state index in [1.165, 1.54) is 4.90 Å². The molecule has 5 heteroatoms. The van der Waals surface area contributed by atoms with Crippen LogP contribution >= 0.6 is 0 Å². The topological polar surface area (TPSA) is 43.2 Å². The smallest absolute Gasteiger partial charge is 0.285 e. The summed E-state index contributed by atoms with van der Waals surface area (Å²) in [5.74, 6) is 1.82. The van der Waals surface area contributed by atoms with Crippen molar-refractivity contribution >= 4 is 5.91 Å². The highest BCUT2D eigenvalue weighted by Gasteiger charge is 2.42. The van der Waals surface area contributed by atoms with Crippen LogP contribution in [0.15, 0.2) is 48.5 Å². The molecule has 1 heterocycles. The zero-order valence-electron chi connectivity index (χ0n) is 18.0. The van der Waals surface area contributed by atoms with Crippen molar-refractivity contribution in [1.29, 1.82) is 0 Å². The first-order chi connectivity index (χ1) is 14.1. The number of methoxy groups -OCH3 is 2. The van der Waals surface area contributed by atoms with Crippen LogP contribution < -0.4 is 14.4 Å². The van der Waals surface area contributed by atoms with E-state index < -0.39 is 0 Å². The molecule has 2 aromatic rings. The van der Waals surface area contributed by atoms with Crippen molar-refractivity contribution in [2.75, 3.05) is 33.9 Å². The van der Waals surface area contributed by atoms with Gasteiger partial charge in [0.25, 0.3) is 5.91 Å². The second kappa shape index (κ2) is 9.79. The molecular formula is C24H33N2O3+. The second-order valence-electron chi connectivity index (χ2n) is 7.48. The standard InChI is InChI=1S/C24H32N2O3/c1-5-25(6-2)24(27)23(18-11-8-7-9-12-18)26-16-10-13-21(26)20-15-14-19(28-3)17-22(20)29-4/h7-9,11-12,14-15,17,21,23H,5-6,10,13,16H2,1-4H3/p+1/t21-,23+/m1/s1. The largest absolute Gasteiger partial charge is 0.497 e. The number of ether oxygens (including phenoxy) is 2. The summed E-state index contributed by atoms with van der Waals surface area (Å²) in [5, 5.41) is 0. The number of hydrogen-bond donors (Lipinski definition) is 1. The highest BCUT2D eigenvalue weighted by Crippen LogP contribution is 2.33. The van der Waals surface area contributed by atoms with Crippen LogP contribution in [-0.2, 0) is 4.79 Å². The highest BCUT2D eigenvalue weighted by molar-refractivity contribution is 5.82. The van der Waals surface area contributed by atoms with E-state index in [0.29, 0.717) is 0 Å². The van der Waals surface area contributed by atoms with E-state index in [0.717, 1.165) is 55.1 Å². The molecular weight excluding hydrogens is 364 g/mol. The van der Waals surface area contributed by atoms with Gasteiger partial charge in [-0.15, -0.1) is 0 Å². The first-order valence-electron chi connectivity index (χ1n) is 10.6. The molecule has 0 radical (unpaired) electrons. The number of nitrogens with zero attached hydrogens (tertiary/aromatic N) is 1. The summed E-state index contributed by atoms with van der Waals surface area (Å²) >= 11 is 0. The lowest BCUT2D eigenvalue weighted by molar-refractivity contribution is -0.940. The van der Waals surface area contributed by atoms with Crippen molar-refractivity contribution in [2.45, 2.75) is 38.8 Å². The van der Waals surface area contributed by atoms with E-state index >= 15 is 0 Å². The van der Waals surface area contributed by atoms with Gasteiger partial charge in [-0.3, -0.25) is 4.79 Å². The number of likely N-dealkylation sites (N-methyl/N-ethyl adjacent to an activating group) is 1. The summed E-state index contributed by atoms with van der Waals surface area (Å²) in [6.45, 7) is 6.51. The number of amides is 1. The Bertz CT molecular complexity index is 805. The molecule has 29 heavy (non-hydrogen) atoms. The van der Waals surface area contributed by atoms with E-state index in [1.54, 1.807) is 14.2 Å². The number of likely N-dealkylation sites (tertiary alicyclic amines) is 1. The van der Waals surface area contributed by atoms with Gasteiger partial charge >= 0.3 is 0 Å². The van der Waals surface area contributed by atoms with Gasteiger partial charge in [0.05, 0.1) is 26.3 Å². The summed E-state index contributed by atoms with van der Waals surface area (Å²) in [7, 11) is 3.36. The zero-order chi connectivity index (χ0) is 20.8. The maximum absolute atomic E-state index is 13.6. The number of nitrogens with one attached hydrogen (secondary N) is 1. The van der Waals surface area contributed by atoms with Crippen LogP contribution in [0.25, 0.3) is 0 Å². The summed E-state index contributed by atoms with van der Waals surface area (Å²) < 4.78 is 11.1. The molecule has 0 aliphatic carbocycles. The molecule has 3 rings (SSSR count). The van der Waals surface area contributed by atoms with Gasteiger partial charge < -0.3 is 19.3 Å². The number of rotatable bonds is 8. The Balaban J connectivity index is 2.02. The van der Waals surface area contributed by atoms with Gasteiger partial charge in [-0.25, -0.2) is 0 Å². The maximum Gasteiger partial charge on any atom is 0.285 e. The fraction of sp³-hybridized carbons (Fsp3) is 0.458. The van der Waals surface area contributed by atoms with Crippen molar-refractivity contribution in [3.05, 3.63) is 59.7 Å². The molecule has 1 unspecified atom stereocenters. The van der Waals surface area contributed by atoms with Crippen LogP contribution in [0, 0.1) is 0 Å². The normalized spacial score (nSPS) is 19.6. The Morgan fingerprint density at radius 2 is 1.83 bits per heavy atom. The van der Waals surface area contributed by atoms with E-state index in [4.69, 9.17) is 9.47 Å². The average molecular weight is 398 g/mol. The molecule has 2 aromatic carbocycles. The lowest BCUT2D eigenvalue weighted by atomic mass is 9.98. The Morgan fingerprint density at radius 1 is 1.10 bits per heavy atom. The van der Waals surface area contributed by atoms with E-state index in [2.05, 4.69) is 18.2 Å². The predicted octanol–water partition coefficient (Wildman–Crippen LogP) is 3.03. The zero-order valence-corrected chi connectivity index (χ0v) is 18.0. The quantitative estimate of drug-likeness (QED) is 0.745. The molecule has 1 N–H and O–H groups in total. The third-order valence-corrected chi connectivity index (χ3v) is 6.05. The fourth-order valence-corrected chi connectivity index (χ4v) is 4.56. The van der Waals surface area contributed by atoms with Crippen molar-refractivity contribution in [3.63, 3.8) is 0 Å².